The van der Waals surface area contributed by atoms with Crippen LogP contribution in [0.15, 0.2) is 35.3 Å². The SMILES string of the molecule is CCCNCCNC(=O)c1cnn2c1[nH]c(=O)c1ccccc12.Cl. The molecule has 7 nitrogen and oxygen atoms in total. The summed E-state index contributed by atoms with van der Waals surface area (Å²) in [6.45, 7) is 4.24. The van der Waals surface area contributed by atoms with Crippen LogP contribution in [0.4, 0.5) is 0 Å². The molecule has 0 atom stereocenters. The molecule has 0 radical (unpaired) electrons. The largest absolute Gasteiger partial charge is 0.351 e. The lowest BCUT2D eigenvalue weighted by molar-refractivity contribution is 0.0955. The minimum absolute atomic E-state index is 0. The van der Waals surface area contributed by atoms with Crippen molar-refractivity contribution < 1.29 is 4.79 Å². The molecule has 0 spiro atoms. The molecule has 3 N–H and O–H groups in total. The Morgan fingerprint density at radius 3 is 2.83 bits per heavy atom. The minimum Gasteiger partial charge on any atom is -0.351 e. The van der Waals surface area contributed by atoms with Crippen LogP contribution in [0.3, 0.4) is 0 Å². The molecular formula is C16H20ClN5O2. The molecule has 0 aliphatic rings. The zero-order chi connectivity index (χ0) is 16.2. The van der Waals surface area contributed by atoms with Gasteiger partial charge in [0.25, 0.3) is 11.5 Å². The maximum Gasteiger partial charge on any atom is 0.259 e. The fourth-order valence-electron chi connectivity index (χ4n) is 2.50. The fraction of sp³-hybridized carbons (Fsp3) is 0.312. The van der Waals surface area contributed by atoms with Crippen molar-refractivity contribution in [3.63, 3.8) is 0 Å². The highest BCUT2D eigenvalue weighted by Gasteiger charge is 2.15. The zero-order valence-electron chi connectivity index (χ0n) is 13.3. The van der Waals surface area contributed by atoms with E-state index >= 15 is 0 Å². The second-order valence-electron chi connectivity index (χ2n) is 5.30. The number of halogens is 1. The number of para-hydroxylation sites is 1. The molecule has 24 heavy (non-hydrogen) atoms. The van der Waals surface area contributed by atoms with Gasteiger partial charge in [-0.3, -0.25) is 9.59 Å². The standard InChI is InChI=1S/C16H19N5O2.ClH/c1-2-7-17-8-9-18-15(22)12-10-19-21-13-6-4-3-5-11(13)16(23)20-14(12)21;/h3-6,10,17H,2,7-9H2,1H3,(H,18,22)(H,20,23);1H. The molecule has 0 saturated carbocycles. The molecule has 128 valence electrons. The van der Waals surface area contributed by atoms with Crippen LogP contribution in [0.1, 0.15) is 23.7 Å². The van der Waals surface area contributed by atoms with Crippen molar-refractivity contribution in [1.29, 1.82) is 0 Å². The number of aromatic amines is 1. The lowest BCUT2D eigenvalue weighted by Gasteiger charge is -2.05. The Morgan fingerprint density at radius 1 is 1.25 bits per heavy atom. The Morgan fingerprint density at radius 2 is 2.04 bits per heavy atom. The summed E-state index contributed by atoms with van der Waals surface area (Å²) in [5.74, 6) is -0.246. The van der Waals surface area contributed by atoms with E-state index in [1.54, 1.807) is 22.7 Å². The van der Waals surface area contributed by atoms with Crippen LogP contribution >= 0.6 is 12.4 Å². The van der Waals surface area contributed by atoms with Crippen LogP contribution in [0, 0.1) is 0 Å². The molecule has 2 heterocycles. The van der Waals surface area contributed by atoms with E-state index < -0.39 is 0 Å². The number of aromatic nitrogens is 3. The third kappa shape index (κ3) is 3.42. The smallest absolute Gasteiger partial charge is 0.259 e. The lowest BCUT2D eigenvalue weighted by atomic mass is 10.2. The third-order valence-electron chi connectivity index (χ3n) is 3.64. The molecule has 3 aromatic rings. The lowest BCUT2D eigenvalue weighted by Crippen LogP contribution is -2.32. The summed E-state index contributed by atoms with van der Waals surface area (Å²) < 4.78 is 1.58. The number of carbonyl (C=O) groups excluding carboxylic acids is 1. The summed E-state index contributed by atoms with van der Waals surface area (Å²) >= 11 is 0. The summed E-state index contributed by atoms with van der Waals surface area (Å²) in [5.41, 5.74) is 1.22. The predicted octanol–water partition coefficient (Wildman–Crippen LogP) is 1.33. The van der Waals surface area contributed by atoms with Gasteiger partial charge in [0.1, 0.15) is 11.2 Å². The molecule has 0 aliphatic carbocycles. The fourth-order valence-corrected chi connectivity index (χ4v) is 2.50. The van der Waals surface area contributed by atoms with Crippen LogP contribution in [-0.2, 0) is 0 Å². The molecule has 0 fully saturated rings. The van der Waals surface area contributed by atoms with Gasteiger partial charge in [0.05, 0.1) is 17.1 Å². The normalized spacial score (nSPS) is 10.7. The van der Waals surface area contributed by atoms with Crippen LogP contribution in [0.5, 0.6) is 0 Å². The van der Waals surface area contributed by atoms with Crippen molar-refractivity contribution in [2.45, 2.75) is 13.3 Å². The summed E-state index contributed by atoms with van der Waals surface area (Å²) in [4.78, 5) is 27.2. The van der Waals surface area contributed by atoms with Crippen LogP contribution < -0.4 is 16.2 Å². The van der Waals surface area contributed by atoms with Gasteiger partial charge < -0.3 is 15.6 Å². The summed E-state index contributed by atoms with van der Waals surface area (Å²) in [6.07, 6.45) is 2.53. The van der Waals surface area contributed by atoms with E-state index in [1.165, 1.54) is 6.20 Å². The van der Waals surface area contributed by atoms with Crippen LogP contribution in [-0.4, -0.2) is 40.1 Å². The zero-order valence-corrected chi connectivity index (χ0v) is 14.2. The molecule has 0 aliphatic heterocycles. The molecule has 3 rings (SSSR count). The van der Waals surface area contributed by atoms with Gasteiger partial charge in [-0.05, 0) is 25.1 Å². The maximum absolute atomic E-state index is 12.3. The number of fused-ring (bicyclic) bond motifs is 3. The van der Waals surface area contributed by atoms with Crippen LogP contribution in [0.25, 0.3) is 16.6 Å². The van der Waals surface area contributed by atoms with E-state index in [0.29, 0.717) is 35.2 Å². The topological polar surface area (TPSA) is 91.3 Å². The van der Waals surface area contributed by atoms with E-state index in [1.807, 2.05) is 6.07 Å². The molecule has 0 bridgehead atoms. The second-order valence-corrected chi connectivity index (χ2v) is 5.30. The van der Waals surface area contributed by atoms with E-state index in [2.05, 4.69) is 27.6 Å². The first-order valence-corrected chi connectivity index (χ1v) is 7.70. The average molecular weight is 350 g/mol. The van der Waals surface area contributed by atoms with Crippen molar-refractivity contribution in [3.05, 3.63) is 46.4 Å². The Hall–Kier alpha value is -2.38. The highest BCUT2D eigenvalue weighted by Crippen LogP contribution is 2.13. The van der Waals surface area contributed by atoms with Gasteiger partial charge in [0.2, 0.25) is 0 Å². The third-order valence-corrected chi connectivity index (χ3v) is 3.64. The number of hydrogen-bond donors (Lipinski definition) is 3. The minimum atomic E-state index is -0.246. The van der Waals surface area contributed by atoms with Crippen molar-refractivity contribution in [2.24, 2.45) is 0 Å². The Kier molecular flexibility index (Phi) is 5.94. The van der Waals surface area contributed by atoms with Gasteiger partial charge in [-0.1, -0.05) is 19.1 Å². The molecular weight excluding hydrogens is 330 g/mol. The van der Waals surface area contributed by atoms with E-state index in [-0.39, 0.29) is 23.9 Å². The molecule has 1 amide bonds. The van der Waals surface area contributed by atoms with Gasteiger partial charge in [0.15, 0.2) is 0 Å². The van der Waals surface area contributed by atoms with Crippen LogP contribution in [0.2, 0.25) is 0 Å². The van der Waals surface area contributed by atoms with E-state index in [0.717, 1.165) is 13.0 Å². The van der Waals surface area contributed by atoms with E-state index in [9.17, 15) is 9.59 Å². The molecule has 0 saturated heterocycles. The Balaban J connectivity index is 0.00000208. The first kappa shape index (κ1) is 18.0. The number of carbonyl (C=O) groups is 1. The number of hydrogen-bond acceptors (Lipinski definition) is 4. The van der Waals surface area contributed by atoms with Crippen molar-refractivity contribution in [1.82, 2.24) is 25.2 Å². The number of rotatable bonds is 6. The monoisotopic (exact) mass is 349 g/mol. The summed E-state index contributed by atoms with van der Waals surface area (Å²) in [5, 5.41) is 10.8. The van der Waals surface area contributed by atoms with Crippen molar-refractivity contribution in [2.75, 3.05) is 19.6 Å². The highest BCUT2D eigenvalue weighted by atomic mass is 35.5. The average Bonchev–Trinajstić information content (AvgIpc) is 2.99. The second kappa shape index (κ2) is 7.94. The van der Waals surface area contributed by atoms with Crippen molar-refractivity contribution >= 4 is 34.9 Å². The van der Waals surface area contributed by atoms with Gasteiger partial charge in [-0.25, -0.2) is 4.52 Å². The molecule has 0 unspecified atom stereocenters. The Labute approximate surface area is 144 Å². The summed E-state index contributed by atoms with van der Waals surface area (Å²) in [6, 6.07) is 7.17. The first-order valence-electron chi connectivity index (χ1n) is 7.70. The highest BCUT2D eigenvalue weighted by molar-refractivity contribution is 6.00. The Bertz CT molecular complexity index is 902. The number of H-pyrrole nitrogens is 1. The molecule has 8 heteroatoms. The van der Waals surface area contributed by atoms with Gasteiger partial charge >= 0.3 is 0 Å². The molecule has 2 aromatic heterocycles. The van der Waals surface area contributed by atoms with Crippen molar-refractivity contribution in [3.8, 4) is 0 Å². The number of amides is 1. The van der Waals surface area contributed by atoms with Gasteiger partial charge in [-0.2, -0.15) is 5.10 Å². The predicted molar refractivity (Wildman–Crippen MR) is 96.1 cm³/mol. The van der Waals surface area contributed by atoms with E-state index in [4.69, 9.17) is 0 Å². The first-order chi connectivity index (χ1) is 11.2. The number of benzene rings is 1. The van der Waals surface area contributed by atoms with Gasteiger partial charge in [0, 0.05) is 13.1 Å². The number of nitrogens with zero attached hydrogens (tertiary/aromatic N) is 2. The summed E-state index contributed by atoms with van der Waals surface area (Å²) in [7, 11) is 0. The number of nitrogens with one attached hydrogen (secondary N) is 3. The van der Waals surface area contributed by atoms with Gasteiger partial charge in [-0.15, -0.1) is 12.4 Å². The quantitative estimate of drug-likeness (QED) is 0.585. The maximum atomic E-state index is 12.3. The molecule has 1 aromatic carbocycles.